The average Bonchev–Trinajstić information content (AvgIpc) is 3.50. The molecule has 1 aromatic rings. The molecule has 0 radical (unpaired) electrons. The number of piperidine rings is 1. The highest BCUT2D eigenvalue weighted by atomic mass is 16.5. The van der Waals surface area contributed by atoms with Crippen LogP contribution < -0.4 is 9.47 Å². The van der Waals surface area contributed by atoms with Crippen molar-refractivity contribution < 1.29 is 24.5 Å². The summed E-state index contributed by atoms with van der Waals surface area (Å²) < 4.78 is 12.5. The normalized spacial score (nSPS) is 42.4. The molecule has 0 unspecified atom stereocenters. The Kier molecular flexibility index (Phi) is 3.69. The van der Waals surface area contributed by atoms with Crippen molar-refractivity contribution in [2.45, 2.75) is 74.5 Å². The summed E-state index contributed by atoms with van der Waals surface area (Å²) in [7, 11) is 1.67. The van der Waals surface area contributed by atoms with Crippen molar-refractivity contribution in [2.24, 2.45) is 11.3 Å². The molecule has 0 amide bonds. The lowest BCUT2D eigenvalue weighted by Gasteiger charge is -2.68. The van der Waals surface area contributed by atoms with E-state index in [2.05, 4.69) is 11.0 Å². The SMILES string of the molecule is COc1ccc2c3c1O[C@H]1[C@@]4(CC/C4=C\C(=O)O)CC[C@@]4(O)[C@@H](C2)N(CC2CC2)CC[C@]314. The first-order chi connectivity index (χ1) is 15.4. The molecule has 6 aliphatic rings. The summed E-state index contributed by atoms with van der Waals surface area (Å²) in [5.74, 6) is 1.42. The Morgan fingerprint density at radius 2 is 2.12 bits per heavy atom. The number of aliphatic hydroxyl groups is 1. The minimum Gasteiger partial charge on any atom is -0.493 e. The first kappa shape index (κ1) is 19.4. The number of ether oxygens (including phenoxy) is 2. The second-order valence-corrected chi connectivity index (χ2v) is 11.1. The summed E-state index contributed by atoms with van der Waals surface area (Å²) in [6.45, 7) is 2.05. The van der Waals surface area contributed by atoms with E-state index < -0.39 is 17.0 Å². The van der Waals surface area contributed by atoms with Gasteiger partial charge in [0.15, 0.2) is 11.5 Å². The molecule has 6 heteroatoms. The van der Waals surface area contributed by atoms with Crippen molar-refractivity contribution in [2.75, 3.05) is 20.2 Å². The molecule has 2 heterocycles. The van der Waals surface area contributed by atoms with Gasteiger partial charge in [-0.1, -0.05) is 11.6 Å². The van der Waals surface area contributed by atoms with Crippen LogP contribution in [0.15, 0.2) is 23.8 Å². The highest BCUT2D eigenvalue weighted by Crippen LogP contribution is 2.72. The maximum atomic E-state index is 12.6. The molecule has 32 heavy (non-hydrogen) atoms. The summed E-state index contributed by atoms with van der Waals surface area (Å²) in [6, 6.07) is 4.28. The zero-order valence-electron chi connectivity index (χ0n) is 18.6. The predicted octanol–water partition coefficient (Wildman–Crippen LogP) is 3.05. The first-order valence-electron chi connectivity index (χ1n) is 12.2. The van der Waals surface area contributed by atoms with Gasteiger partial charge in [-0.3, -0.25) is 4.90 Å². The number of carboxylic acid groups (broad SMARTS) is 1. The molecular formula is C26H31NO5. The van der Waals surface area contributed by atoms with Crippen LogP contribution in [0.5, 0.6) is 11.5 Å². The summed E-state index contributed by atoms with van der Waals surface area (Å²) in [6.07, 6.45) is 8.72. The molecule has 7 rings (SSSR count). The lowest BCUT2D eigenvalue weighted by molar-refractivity contribution is -0.218. The van der Waals surface area contributed by atoms with Gasteiger partial charge in [0.05, 0.1) is 18.1 Å². The number of likely N-dealkylation sites (tertiary alicyclic amines) is 1. The third kappa shape index (κ3) is 2.12. The average molecular weight is 438 g/mol. The van der Waals surface area contributed by atoms with Gasteiger partial charge in [-0.15, -0.1) is 0 Å². The molecule has 6 nitrogen and oxygen atoms in total. The number of fused-ring (bicyclic) bond motifs is 1. The van der Waals surface area contributed by atoms with Gasteiger partial charge in [0.1, 0.15) is 6.10 Å². The fraction of sp³-hybridized carbons (Fsp3) is 0.654. The smallest absolute Gasteiger partial charge is 0.328 e. The summed E-state index contributed by atoms with van der Waals surface area (Å²) in [5.41, 5.74) is 1.77. The van der Waals surface area contributed by atoms with Crippen LogP contribution >= 0.6 is 0 Å². The van der Waals surface area contributed by atoms with E-state index >= 15 is 0 Å². The molecule has 1 aromatic carbocycles. The number of carboxylic acids is 1. The number of nitrogens with zero attached hydrogens (tertiary/aromatic N) is 1. The Bertz CT molecular complexity index is 1060. The van der Waals surface area contributed by atoms with Gasteiger partial charge < -0.3 is 19.7 Å². The monoisotopic (exact) mass is 437 g/mol. The van der Waals surface area contributed by atoms with Crippen molar-refractivity contribution in [3.05, 3.63) is 34.9 Å². The van der Waals surface area contributed by atoms with Crippen LogP contribution in [0.2, 0.25) is 0 Å². The van der Waals surface area contributed by atoms with Crippen molar-refractivity contribution >= 4 is 5.97 Å². The van der Waals surface area contributed by atoms with Crippen LogP contribution in [-0.2, 0) is 16.6 Å². The fourth-order valence-corrected chi connectivity index (χ4v) is 8.30. The van der Waals surface area contributed by atoms with E-state index in [1.807, 2.05) is 6.07 Å². The van der Waals surface area contributed by atoms with Crippen LogP contribution in [0.4, 0.5) is 0 Å². The van der Waals surface area contributed by atoms with Crippen LogP contribution in [-0.4, -0.2) is 59.0 Å². The molecule has 170 valence electrons. The summed E-state index contributed by atoms with van der Waals surface area (Å²) in [5, 5.41) is 22.1. The van der Waals surface area contributed by atoms with E-state index in [1.54, 1.807) is 7.11 Å². The van der Waals surface area contributed by atoms with Crippen LogP contribution in [0, 0.1) is 11.3 Å². The van der Waals surface area contributed by atoms with E-state index in [0.29, 0.717) is 6.42 Å². The van der Waals surface area contributed by atoms with Crippen molar-refractivity contribution in [1.82, 2.24) is 4.90 Å². The quantitative estimate of drug-likeness (QED) is 0.705. The Morgan fingerprint density at radius 1 is 1.28 bits per heavy atom. The third-order valence-corrected chi connectivity index (χ3v) is 9.95. The van der Waals surface area contributed by atoms with Gasteiger partial charge in [0.25, 0.3) is 0 Å². The topological polar surface area (TPSA) is 79.2 Å². The largest absolute Gasteiger partial charge is 0.493 e. The zero-order valence-corrected chi connectivity index (χ0v) is 18.6. The van der Waals surface area contributed by atoms with Crippen LogP contribution in [0.3, 0.4) is 0 Å². The number of methoxy groups -OCH3 is 1. The second kappa shape index (κ2) is 6.09. The van der Waals surface area contributed by atoms with E-state index in [-0.39, 0.29) is 17.6 Å². The van der Waals surface area contributed by atoms with E-state index in [1.165, 1.54) is 24.5 Å². The van der Waals surface area contributed by atoms with E-state index in [9.17, 15) is 15.0 Å². The lowest BCUT2D eigenvalue weighted by Crippen LogP contribution is -2.78. The first-order valence-corrected chi connectivity index (χ1v) is 12.2. The molecule has 0 aromatic heterocycles. The van der Waals surface area contributed by atoms with Crippen molar-refractivity contribution in [3.8, 4) is 11.5 Å². The van der Waals surface area contributed by atoms with Crippen LogP contribution in [0.25, 0.3) is 0 Å². The maximum Gasteiger partial charge on any atom is 0.328 e. The Morgan fingerprint density at radius 3 is 2.81 bits per heavy atom. The highest BCUT2D eigenvalue weighted by molar-refractivity contribution is 5.81. The molecular weight excluding hydrogens is 406 g/mol. The molecule has 2 bridgehead atoms. The number of aliphatic carboxylic acids is 1. The van der Waals surface area contributed by atoms with Crippen molar-refractivity contribution in [3.63, 3.8) is 0 Å². The third-order valence-electron chi connectivity index (χ3n) is 9.95. The molecule has 5 atom stereocenters. The van der Waals surface area contributed by atoms with Gasteiger partial charge in [-0.05, 0) is 75.5 Å². The van der Waals surface area contributed by atoms with E-state index in [4.69, 9.17) is 9.47 Å². The van der Waals surface area contributed by atoms with Gasteiger partial charge >= 0.3 is 5.97 Å². The summed E-state index contributed by atoms with van der Waals surface area (Å²) >= 11 is 0. The zero-order chi connectivity index (χ0) is 21.9. The number of hydrogen-bond donors (Lipinski definition) is 2. The van der Waals surface area contributed by atoms with Gasteiger partial charge in [0, 0.05) is 29.6 Å². The van der Waals surface area contributed by atoms with Gasteiger partial charge in [-0.2, -0.15) is 0 Å². The number of hydrogen-bond acceptors (Lipinski definition) is 5. The molecule has 2 spiro atoms. The number of rotatable bonds is 4. The maximum absolute atomic E-state index is 12.6. The van der Waals surface area contributed by atoms with Crippen LogP contribution in [0.1, 0.15) is 56.1 Å². The number of carbonyl (C=O) groups is 1. The molecule has 4 fully saturated rings. The predicted molar refractivity (Wildman–Crippen MR) is 117 cm³/mol. The Labute approximate surface area is 188 Å². The molecule has 3 saturated carbocycles. The Hall–Kier alpha value is -2.05. The fourth-order valence-electron chi connectivity index (χ4n) is 8.30. The minimum atomic E-state index is -0.882. The standard InChI is InChI=1S/C26H31NO5/c1-31-18-5-4-16-12-19-26(30)9-8-24(7-6-17(24)13-20(28)29)23-25(26,21(16)22(18)32-23)10-11-27(19)14-15-2-3-15/h4-5,13,15,19,23,30H,2-3,6-12,14H2,1H3,(H,28,29)/b17-13+/t19-,23+,24+,25+,26-/m1/s1. The molecule has 2 aliphatic heterocycles. The lowest BCUT2D eigenvalue weighted by atomic mass is 9.40. The van der Waals surface area contributed by atoms with Crippen molar-refractivity contribution in [1.29, 1.82) is 0 Å². The van der Waals surface area contributed by atoms with Gasteiger partial charge in [0.2, 0.25) is 0 Å². The molecule has 2 N–H and O–H groups in total. The second-order valence-electron chi connectivity index (χ2n) is 11.1. The number of benzene rings is 1. The van der Waals surface area contributed by atoms with Gasteiger partial charge in [-0.25, -0.2) is 4.79 Å². The molecule has 4 aliphatic carbocycles. The highest BCUT2D eigenvalue weighted by Gasteiger charge is 2.77. The van der Waals surface area contributed by atoms with E-state index in [0.717, 1.165) is 73.7 Å². The molecule has 1 saturated heterocycles. The summed E-state index contributed by atoms with van der Waals surface area (Å²) in [4.78, 5) is 14.2. The Balaban J connectivity index is 1.43. The minimum absolute atomic E-state index is 0.0964.